The van der Waals surface area contributed by atoms with Gasteiger partial charge in [-0.3, -0.25) is 14.9 Å². The fourth-order valence-corrected chi connectivity index (χ4v) is 2.29. The van der Waals surface area contributed by atoms with Gasteiger partial charge in [0.25, 0.3) is 5.69 Å². The number of benzene rings is 1. The highest BCUT2D eigenvalue weighted by molar-refractivity contribution is 5.93. The van der Waals surface area contributed by atoms with Gasteiger partial charge in [0, 0.05) is 12.5 Å². The maximum Gasteiger partial charge on any atom is 0.293 e. The molecule has 1 rings (SSSR count). The molecule has 0 saturated carbocycles. The number of hydrogen-bond donors (Lipinski definition) is 2. The Morgan fingerprint density at radius 2 is 2.10 bits per heavy atom. The normalized spacial score (nSPS) is 12.2. The van der Waals surface area contributed by atoms with Gasteiger partial charge in [0.2, 0.25) is 5.91 Å². The molecule has 1 atom stereocenters. The van der Waals surface area contributed by atoms with Crippen LogP contribution in [0.2, 0.25) is 0 Å². The van der Waals surface area contributed by atoms with E-state index in [4.69, 9.17) is 5.73 Å². The molecule has 116 valence electrons. The van der Waals surface area contributed by atoms with Crippen molar-refractivity contribution in [3.8, 4) is 0 Å². The Morgan fingerprint density at radius 3 is 2.62 bits per heavy atom. The number of anilines is 1. The van der Waals surface area contributed by atoms with Crippen molar-refractivity contribution in [2.75, 3.05) is 11.9 Å². The van der Waals surface area contributed by atoms with E-state index in [2.05, 4.69) is 19.2 Å². The van der Waals surface area contributed by atoms with E-state index in [9.17, 15) is 14.9 Å². The maximum atomic E-state index is 12.0. The zero-order valence-corrected chi connectivity index (χ0v) is 12.8. The summed E-state index contributed by atoms with van der Waals surface area (Å²) in [5.74, 6) is 0.313. The Morgan fingerprint density at radius 1 is 1.43 bits per heavy atom. The molecule has 0 spiro atoms. The van der Waals surface area contributed by atoms with Crippen molar-refractivity contribution in [3.63, 3.8) is 0 Å². The number of rotatable bonds is 7. The SMILES string of the molecule is Cc1ccc(NC(=O)CC(CN)CC(C)C)c([N+](=O)[O-])c1. The van der Waals surface area contributed by atoms with E-state index in [1.54, 1.807) is 19.1 Å². The van der Waals surface area contributed by atoms with Gasteiger partial charge in [0.05, 0.1) is 4.92 Å². The molecule has 1 unspecified atom stereocenters. The first kappa shape index (κ1) is 17.1. The lowest BCUT2D eigenvalue weighted by molar-refractivity contribution is -0.384. The highest BCUT2D eigenvalue weighted by Gasteiger charge is 2.18. The summed E-state index contributed by atoms with van der Waals surface area (Å²) in [6, 6.07) is 4.74. The van der Waals surface area contributed by atoms with Crippen LogP contribution in [-0.4, -0.2) is 17.4 Å². The molecular weight excluding hydrogens is 270 g/mol. The predicted molar refractivity (Wildman–Crippen MR) is 83.1 cm³/mol. The minimum Gasteiger partial charge on any atom is -0.330 e. The summed E-state index contributed by atoms with van der Waals surface area (Å²) in [5, 5.41) is 13.6. The van der Waals surface area contributed by atoms with Crippen LogP contribution >= 0.6 is 0 Å². The average molecular weight is 293 g/mol. The predicted octanol–water partition coefficient (Wildman–Crippen LogP) is 2.85. The van der Waals surface area contributed by atoms with Crippen LogP contribution in [0, 0.1) is 28.9 Å². The molecule has 0 saturated heterocycles. The first-order valence-electron chi connectivity index (χ1n) is 7.08. The molecule has 3 N–H and O–H groups in total. The lowest BCUT2D eigenvalue weighted by Crippen LogP contribution is -2.23. The number of carbonyl (C=O) groups is 1. The minimum absolute atomic E-state index is 0.0866. The summed E-state index contributed by atoms with van der Waals surface area (Å²) in [6.45, 7) is 6.35. The molecule has 0 aromatic heterocycles. The van der Waals surface area contributed by atoms with Crippen molar-refractivity contribution in [1.82, 2.24) is 0 Å². The molecule has 0 heterocycles. The first-order chi connectivity index (χ1) is 9.83. The number of amides is 1. The molecule has 0 bridgehead atoms. The molecule has 0 radical (unpaired) electrons. The zero-order valence-electron chi connectivity index (χ0n) is 12.8. The van der Waals surface area contributed by atoms with Gasteiger partial charge in [-0.25, -0.2) is 0 Å². The molecule has 1 amide bonds. The molecule has 21 heavy (non-hydrogen) atoms. The number of carbonyl (C=O) groups excluding carboxylic acids is 1. The molecule has 0 aliphatic heterocycles. The third kappa shape index (κ3) is 5.51. The number of aryl methyl sites for hydroxylation is 1. The summed E-state index contributed by atoms with van der Waals surface area (Å²) in [5.41, 5.74) is 6.60. The van der Waals surface area contributed by atoms with Crippen molar-refractivity contribution in [2.45, 2.75) is 33.6 Å². The van der Waals surface area contributed by atoms with Crippen LogP contribution < -0.4 is 11.1 Å². The van der Waals surface area contributed by atoms with Gasteiger partial charge in [-0.15, -0.1) is 0 Å². The van der Waals surface area contributed by atoms with Crippen molar-refractivity contribution >= 4 is 17.3 Å². The average Bonchev–Trinajstić information content (AvgIpc) is 2.39. The van der Waals surface area contributed by atoms with E-state index in [0.717, 1.165) is 12.0 Å². The second-order valence-electron chi connectivity index (χ2n) is 5.76. The van der Waals surface area contributed by atoms with E-state index in [1.165, 1.54) is 6.07 Å². The van der Waals surface area contributed by atoms with Crippen LogP contribution in [0.5, 0.6) is 0 Å². The Balaban J connectivity index is 2.77. The Bertz CT molecular complexity index is 515. The van der Waals surface area contributed by atoms with E-state index < -0.39 is 4.92 Å². The smallest absolute Gasteiger partial charge is 0.293 e. The number of nitrogens with zero attached hydrogens (tertiary/aromatic N) is 1. The van der Waals surface area contributed by atoms with Crippen molar-refractivity contribution in [3.05, 3.63) is 33.9 Å². The van der Waals surface area contributed by atoms with Crippen LogP contribution in [0.4, 0.5) is 11.4 Å². The van der Waals surface area contributed by atoms with Crippen molar-refractivity contribution < 1.29 is 9.72 Å². The van der Waals surface area contributed by atoms with Crippen LogP contribution in [0.3, 0.4) is 0 Å². The second-order valence-corrected chi connectivity index (χ2v) is 5.76. The summed E-state index contributed by atoms with van der Waals surface area (Å²) >= 11 is 0. The fraction of sp³-hybridized carbons (Fsp3) is 0.533. The van der Waals surface area contributed by atoms with E-state index >= 15 is 0 Å². The third-order valence-corrected chi connectivity index (χ3v) is 3.24. The fourth-order valence-electron chi connectivity index (χ4n) is 2.29. The second kappa shape index (κ2) is 7.73. The third-order valence-electron chi connectivity index (χ3n) is 3.24. The number of nitro benzene ring substituents is 1. The van der Waals surface area contributed by atoms with Gasteiger partial charge in [-0.2, -0.15) is 0 Å². The van der Waals surface area contributed by atoms with Gasteiger partial charge >= 0.3 is 0 Å². The van der Waals surface area contributed by atoms with Gasteiger partial charge in [-0.1, -0.05) is 19.9 Å². The first-order valence-corrected chi connectivity index (χ1v) is 7.08. The monoisotopic (exact) mass is 293 g/mol. The molecular formula is C15H23N3O3. The molecule has 1 aromatic rings. The lowest BCUT2D eigenvalue weighted by atomic mass is 9.94. The molecule has 6 nitrogen and oxygen atoms in total. The van der Waals surface area contributed by atoms with Crippen molar-refractivity contribution in [2.24, 2.45) is 17.6 Å². The molecule has 0 fully saturated rings. The standard InChI is InChI=1S/C15H23N3O3/c1-10(2)6-12(9-16)8-15(19)17-13-5-4-11(3)7-14(13)18(20)21/h4-5,7,10,12H,6,8-9,16H2,1-3H3,(H,17,19). The Labute approximate surface area is 124 Å². The van der Waals surface area contributed by atoms with Gasteiger partial charge < -0.3 is 11.1 Å². The molecule has 1 aromatic carbocycles. The number of nitrogens with two attached hydrogens (primary N) is 1. The van der Waals surface area contributed by atoms with Crippen LogP contribution in [0.1, 0.15) is 32.3 Å². The van der Waals surface area contributed by atoms with E-state index in [-0.39, 0.29) is 29.6 Å². The highest BCUT2D eigenvalue weighted by Crippen LogP contribution is 2.26. The molecule has 6 heteroatoms. The lowest BCUT2D eigenvalue weighted by Gasteiger charge is -2.16. The maximum absolute atomic E-state index is 12.0. The summed E-state index contributed by atoms with van der Waals surface area (Å²) in [6.07, 6.45) is 1.14. The van der Waals surface area contributed by atoms with Gasteiger partial charge in [-0.05, 0) is 43.4 Å². The van der Waals surface area contributed by atoms with E-state index in [0.29, 0.717) is 12.5 Å². The highest BCUT2D eigenvalue weighted by atomic mass is 16.6. The number of hydrogen-bond acceptors (Lipinski definition) is 4. The number of nitrogens with one attached hydrogen (secondary N) is 1. The summed E-state index contributed by atoms with van der Waals surface area (Å²) < 4.78 is 0. The Kier molecular flexibility index (Phi) is 6.30. The summed E-state index contributed by atoms with van der Waals surface area (Å²) in [4.78, 5) is 22.6. The quantitative estimate of drug-likeness (QED) is 0.596. The summed E-state index contributed by atoms with van der Waals surface area (Å²) in [7, 11) is 0. The van der Waals surface area contributed by atoms with Crippen LogP contribution in [-0.2, 0) is 4.79 Å². The number of nitro groups is 1. The topological polar surface area (TPSA) is 98.3 Å². The Hall–Kier alpha value is -1.95. The van der Waals surface area contributed by atoms with Crippen molar-refractivity contribution in [1.29, 1.82) is 0 Å². The van der Waals surface area contributed by atoms with Gasteiger partial charge in [0.1, 0.15) is 5.69 Å². The largest absolute Gasteiger partial charge is 0.330 e. The van der Waals surface area contributed by atoms with E-state index in [1.807, 2.05) is 0 Å². The minimum atomic E-state index is -0.489. The van der Waals surface area contributed by atoms with Crippen LogP contribution in [0.25, 0.3) is 0 Å². The van der Waals surface area contributed by atoms with Gasteiger partial charge in [0.15, 0.2) is 0 Å². The zero-order chi connectivity index (χ0) is 16.0. The molecule has 0 aliphatic rings. The molecule has 0 aliphatic carbocycles. The van der Waals surface area contributed by atoms with Crippen LogP contribution in [0.15, 0.2) is 18.2 Å².